The average molecular weight is 239 g/mol. The minimum atomic E-state index is -0.973. The standard InChI is InChI=1S/C11H13NOS2/c12-8-9-4-1-2-5-10(9)15(13)11-6-3-7-14-11/h3,6-7,9-10H,1-2,4-5H2. The van der Waals surface area contributed by atoms with E-state index >= 15 is 0 Å². The summed E-state index contributed by atoms with van der Waals surface area (Å²) in [6.45, 7) is 0. The van der Waals surface area contributed by atoms with Gasteiger partial charge in [0.1, 0.15) is 0 Å². The van der Waals surface area contributed by atoms with Gasteiger partial charge in [0.15, 0.2) is 0 Å². The van der Waals surface area contributed by atoms with Crippen LogP contribution in [-0.2, 0) is 10.8 Å². The summed E-state index contributed by atoms with van der Waals surface area (Å²) in [5.74, 6) is -0.0123. The molecule has 0 bridgehead atoms. The van der Waals surface area contributed by atoms with Gasteiger partial charge in [-0.05, 0) is 24.3 Å². The van der Waals surface area contributed by atoms with Gasteiger partial charge >= 0.3 is 0 Å². The smallest absolute Gasteiger partial charge is 0.0913 e. The van der Waals surface area contributed by atoms with Gasteiger partial charge in [-0.2, -0.15) is 5.26 Å². The molecule has 1 aromatic rings. The molecule has 0 radical (unpaired) electrons. The molecule has 15 heavy (non-hydrogen) atoms. The Balaban J connectivity index is 2.15. The highest BCUT2D eigenvalue weighted by molar-refractivity contribution is 7.87. The summed E-state index contributed by atoms with van der Waals surface area (Å²) in [7, 11) is -0.973. The van der Waals surface area contributed by atoms with Crippen molar-refractivity contribution in [2.75, 3.05) is 0 Å². The maximum Gasteiger partial charge on any atom is 0.0913 e. The van der Waals surface area contributed by atoms with E-state index in [2.05, 4.69) is 6.07 Å². The molecule has 2 rings (SSSR count). The van der Waals surface area contributed by atoms with E-state index in [1.54, 1.807) is 0 Å². The second kappa shape index (κ2) is 4.91. The topological polar surface area (TPSA) is 40.9 Å². The molecule has 0 aromatic carbocycles. The lowest BCUT2D eigenvalue weighted by atomic mass is 9.90. The summed E-state index contributed by atoms with van der Waals surface area (Å²) in [6.07, 6.45) is 4.07. The van der Waals surface area contributed by atoms with Gasteiger partial charge < -0.3 is 0 Å². The highest BCUT2D eigenvalue weighted by Crippen LogP contribution is 2.31. The van der Waals surface area contributed by atoms with E-state index in [-0.39, 0.29) is 11.2 Å². The fourth-order valence-corrected chi connectivity index (χ4v) is 4.78. The minimum Gasteiger partial charge on any atom is -0.253 e. The fourth-order valence-electron chi connectivity index (χ4n) is 2.03. The van der Waals surface area contributed by atoms with Crippen molar-refractivity contribution >= 4 is 22.1 Å². The van der Waals surface area contributed by atoms with Crippen LogP contribution in [0.25, 0.3) is 0 Å². The van der Waals surface area contributed by atoms with Gasteiger partial charge in [0, 0.05) is 0 Å². The Morgan fingerprint density at radius 3 is 2.93 bits per heavy atom. The largest absolute Gasteiger partial charge is 0.253 e. The second-order valence-corrected chi connectivity index (χ2v) is 6.63. The van der Waals surface area contributed by atoms with Crippen LogP contribution in [0.2, 0.25) is 0 Å². The van der Waals surface area contributed by atoms with Crippen molar-refractivity contribution in [3.05, 3.63) is 17.5 Å². The third-order valence-corrected chi connectivity index (χ3v) is 5.93. The molecule has 1 heterocycles. The van der Waals surface area contributed by atoms with E-state index in [0.29, 0.717) is 0 Å². The average Bonchev–Trinajstić information content (AvgIpc) is 2.81. The molecule has 1 aliphatic carbocycles. The second-order valence-electron chi connectivity index (χ2n) is 3.79. The SMILES string of the molecule is N#CC1CCCCC1S(=O)c1cccs1. The number of hydrogen-bond donors (Lipinski definition) is 0. The molecule has 0 aliphatic heterocycles. The van der Waals surface area contributed by atoms with Gasteiger partial charge in [0.25, 0.3) is 0 Å². The van der Waals surface area contributed by atoms with Crippen LogP contribution in [0.3, 0.4) is 0 Å². The van der Waals surface area contributed by atoms with Gasteiger partial charge in [0.2, 0.25) is 0 Å². The monoisotopic (exact) mass is 239 g/mol. The first-order valence-corrected chi connectivity index (χ1v) is 7.26. The lowest BCUT2D eigenvalue weighted by molar-refractivity contribution is 0.431. The van der Waals surface area contributed by atoms with E-state index in [1.165, 1.54) is 11.3 Å². The Bertz CT molecular complexity index is 380. The molecule has 0 amide bonds. The van der Waals surface area contributed by atoms with Gasteiger partial charge in [-0.25, -0.2) is 0 Å². The summed E-state index contributed by atoms with van der Waals surface area (Å²) >= 11 is 1.53. The van der Waals surface area contributed by atoms with Crippen molar-refractivity contribution in [2.45, 2.75) is 35.1 Å². The predicted octanol–water partition coefficient (Wildman–Crippen LogP) is 2.94. The molecule has 0 N–H and O–H groups in total. The van der Waals surface area contributed by atoms with E-state index < -0.39 is 10.8 Å². The van der Waals surface area contributed by atoms with Crippen molar-refractivity contribution in [3.8, 4) is 6.07 Å². The molecule has 4 heteroatoms. The first kappa shape index (κ1) is 10.8. The van der Waals surface area contributed by atoms with Crippen LogP contribution < -0.4 is 0 Å². The fraction of sp³-hybridized carbons (Fsp3) is 0.545. The lowest BCUT2D eigenvalue weighted by Crippen LogP contribution is -2.27. The molecule has 1 aliphatic rings. The number of nitrogens with zero attached hydrogens (tertiary/aromatic N) is 1. The molecule has 1 saturated carbocycles. The van der Waals surface area contributed by atoms with E-state index in [4.69, 9.17) is 5.26 Å². The van der Waals surface area contributed by atoms with Gasteiger partial charge in [-0.1, -0.05) is 18.9 Å². The molecule has 0 spiro atoms. The van der Waals surface area contributed by atoms with Crippen molar-refractivity contribution in [1.29, 1.82) is 5.26 Å². The molecule has 2 nitrogen and oxygen atoms in total. The van der Waals surface area contributed by atoms with Crippen molar-refractivity contribution in [3.63, 3.8) is 0 Å². The van der Waals surface area contributed by atoms with Crippen molar-refractivity contribution in [2.24, 2.45) is 5.92 Å². The highest BCUT2D eigenvalue weighted by atomic mass is 32.2. The minimum absolute atomic E-state index is 0.0123. The Hall–Kier alpha value is -0.660. The molecule has 1 fully saturated rings. The third kappa shape index (κ3) is 2.30. The maximum atomic E-state index is 12.2. The van der Waals surface area contributed by atoms with Crippen LogP contribution in [0.5, 0.6) is 0 Å². The number of rotatable bonds is 2. The third-order valence-electron chi connectivity index (χ3n) is 2.84. The molecule has 3 unspecified atom stereocenters. The molecule has 1 aromatic heterocycles. The molecular weight excluding hydrogens is 226 g/mol. The van der Waals surface area contributed by atoms with E-state index in [0.717, 1.165) is 29.9 Å². The van der Waals surface area contributed by atoms with Gasteiger partial charge in [-0.3, -0.25) is 4.21 Å². The molecule has 0 saturated heterocycles. The first-order valence-electron chi connectivity index (χ1n) is 5.16. The molecular formula is C11H13NOS2. The maximum absolute atomic E-state index is 12.2. The summed E-state index contributed by atoms with van der Waals surface area (Å²) in [5.41, 5.74) is 0. The lowest BCUT2D eigenvalue weighted by Gasteiger charge is -2.25. The normalized spacial score (nSPS) is 28.2. The Morgan fingerprint density at radius 2 is 2.27 bits per heavy atom. The number of thiophene rings is 1. The van der Waals surface area contributed by atoms with Gasteiger partial charge in [0.05, 0.1) is 32.2 Å². The van der Waals surface area contributed by atoms with Crippen LogP contribution in [-0.4, -0.2) is 9.46 Å². The van der Waals surface area contributed by atoms with Crippen LogP contribution in [0.1, 0.15) is 25.7 Å². The molecule has 80 valence electrons. The van der Waals surface area contributed by atoms with Gasteiger partial charge in [-0.15, -0.1) is 11.3 Å². The van der Waals surface area contributed by atoms with Crippen molar-refractivity contribution in [1.82, 2.24) is 0 Å². The Morgan fingerprint density at radius 1 is 1.47 bits per heavy atom. The summed E-state index contributed by atoms with van der Waals surface area (Å²) in [6, 6.07) is 6.13. The quantitative estimate of drug-likeness (QED) is 0.796. The summed E-state index contributed by atoms with van der Waals surface area (Å²) in [5, 5.41) is 11.0. The first-order chi connectivity index (χ1) is 7.33. The predicted molar refractivity (Wildman–Crippen MR) is 62.1 cm³/mol. The number of nitriles is 1. The van der Waals surface area contributed by atoms with Crippen LogP contribution >= 0.6 is 11.3 Å². The van der Waals surface area contributed by atoms with Crippen LogP contribution in [0.4, 0.5) is 0 Å². The van der Waals surface area contributed by atoms with Crippen molar-refractivity contribution < 1.29 is 4.21 Å². The zero-order chi connectivity index (χ0) is 10.7. The van der Waals surface area contributed by atoms with Crippen LogP contribution in [0.15, 0.2) is 21.7 Å². The van der Waals surface area contributed by atoms with E-state index in [9.17, 15) is 4.21 Å². The zero-order valence-electron chi connectivity index (χ0n) is 8.39. The van der Waals surface area contributed by atoms with Crippen LogP contribution in [0, 0.1) is 17.2 Å². The zero-order valence-corrected chi connectivity index (χ0v) is 10.0. The molecule has 3 atom stereocenters. The summed E-state index contributed by atoms with van der Waals surface area (Å²) < 4.78 is 13.1. The number of hydrogen-bond acceptors (Lipinski definition) is 3. The Labute approximate surface area is 96.4 Å². The highest BCUT2D eigenvalue weighted by Gasteiger charge is 2.30. The summed E-state index contributed by atoms with van der Waals surface area (Å²) in [4.78, 5) is 0. The van der Waals surface area contributed by atoms with E-state index in [1.807, 2.05) is 17.5 Å². The Kier molecular flexibility index (Phi) is 3.55.